The molecular weight excluding hydrogens is 364 g/mol. The fourth-order valence-electron chi connectivity index (χ4n) is 2.86. The Labute approximate surface area is 163 Å². The molecule has 0 amide bonds. The van der Waals surface area contributed by atoms with Crippen LogP contribution in [0.25, 0.3) is 0 Å². The zero-order chi connectivity index (χ0) is 21.2. The van der Waals surface area contributed by atoms with Gasteiger partial charge in [0, 0.05) is 12.0 Å². The van der Waals surface area contributed by atoms with Gasteiger partial charge in [-0.25, -0.2) is 0 Å². The summed E-state index contributed by atoms with van der Waals surface area (Å²) in [4.78, 5) is 37.6. The molecule has 0 bridgehead atoms. The maximum atomic E-state index is 12.9. The molecule has 0 spiro atoms. The molecule has 1 atom stereocenters. The highest BCUT2D eigenvalue weighted by Gasteiger charge is 2.36. The summed E-state index contributed by atoms with van der Waals surface area (Å²) in [7, 11) is 0. The molecule has 1 aliphatic carbocycles. The lowest BCUT2D eigenvalue weighted by Gasteiger charge is -2.25. The van der Waals surface area contributed by atoms with E-state index in [2.05, 4.69) is 0 Å². The molecule has 0 aromatic heterocycles. The molecule has 7 nitrogen and oxygen atoms in total. The van der Waals surface area contributed by atoms with E-state index in [-0.39, 0.29) is 29.5 Å². The van der Waals surface area contributed by atoms with Gasteiger partial charge in [0.25, 0.3) is 0 Å². The van der Waals surface area contributed by atoms with E-state index in [4.69, 9.17) is 4.74 Å². The summed E-state index contributed by atoms with van der Waals surface area (Å²) in [5, 5.41) is 29.8. The van der Waals surface area contributed by atoms with Crippen LogP contribution in [-0.4, -0.2) is 44.6 Å². The topological polar surface area (TPSA) is 121 Å². The van der Waals surface area contributed by atoms with Crippen molar-refractivity contribution in [2.45, 2.75) is 52.2 Å². The minimum absolute atomic E-state index is 0.0972. The van der Waals surface area contributed by atoms with Gasteiger partial charge in [-0.3, -0.25) is 14.4 Å². The molecule has 1 aromatic rings. The molecule has 28 heavy (non-hydrogen) atoms. The highest BCUT2D eigenvalue weighted by atomic mass is 16.5. The number of ether oxygens (including phenoxy) is 1. The predicted octanol–water partition coefficient (Wildman–Crippen LogP) is 2.83. The minimum Gasteiger partial charge on any atom is -0.507 e. The lowest BCUT2D eigenvalue weighted by molar-refractivity contribution is -0.151. The van der Waals surface area contributed by atoms with Gasteiger partial charge in [0.05, 0.1) is 23.1 Å². The number of hydrogen-bond donors (Lipinski definition) is 3. The maximum Gasteiger partial charge on any atom is 0.309 e. The molecule has 3 N–H and O–H groups in total. The van der Waals surface area contributed by atoms with Gasteiger partial charge in [0.15, 0.2) is 11.6 Å². The SMILES string of the molecule is CC(C)=CC[C@H](OC(=O)CC(C)(C)O)C1=CC(=O)c2c(O)ccc(O)c2C1=O. The molecule has 1 aliphatic rings. The molecule has 7 heteroatoms. The smallest absolute Gasteiger partial charge is 0.309 e. The first-order valence-electron chi connectivity index (χ1n) is 8.81. The highest BCUT2D eigenvalue weighted by molar-refractivity contribution is 6.27. The van der Waals surface area contributed by atoms with Crippen molar-refractivity contribution in [3.8, 4) is 11.5 Å². The number of hydrogen-bond acceptors (Lipinski definition) is 7. The second kappa shape index (κ2) is 7.98. The van der Waals surface area contributed by atoms with Gasteiger partial charge in [-0.1, -0.05) is 11.6 Å². The average Bonchev–Trinajstić information content (AvgIpc) is 2.55. The summed E-state index contributed by atoms with van der Waals surface area (Å²) < 4.78 is 5.39. The maximum absolute atomic E-state index is 12.9. The van der Waals surface area contributed by atoms with Crippen LogP contribution in [0.3, 0.4) is 0 Å². The number of rotatable bonds is 6. The Kier molecular flexibility index (Phi) is 6.09. The number of ketones is 2. The molecular formula is C21H24O7. The normalized spacial score (nSPS) is 14.8. The number of aromatic hydroxyl groups is 2. The number of benzene rings is 1. The van der Waals surface area contributed by atoms with E-state index in [9.17, 15) is 29.7 Å². The Morgan fingerprint density at radius 1 is 1.14 bits per heavy atom. The number of fused-ring (bicyclic) bond motifs is 1. The quantitative estimate of drug-likeness (QED) is 0.389. The van der Waals surface area contributed by atoms with Crippen molar-refractivity contribution in [1.82, 2.24) is 0 Å². The van der Waals surface area contributed by atoms with Gasteiger partial charge in [-0.05, 0) is 45.9 Å². The zero-order valence-electron chi connectivity index (χ0n) is 16.3. The lowest BCUT2D eigenvalue weighted by atomic mass is 9.85. The van der Waals surface area contributed by atoms with E-state index in [1.807, 2.05) is 13.8 Å². The number of phenolic OH excluding ortho intramolecular Hbond substituents is 2. The lowest BCUT2D eigenvalue weighted by Crippen LogP contribution is -2.32. The molecule has 0 aliphatic heterocycles. The molecule has 0 radical (unpaired) electrons. The fourth-order valence-corrected chi connectivity index (χ4v) is 2.86. The summed E-state index contributed by atoms with van der Waals surface area (Å²) in [5.74, 6) is -2.96. The second-order valence-electron chi connectivity index (χ2n) is 7.63. The van der Waals surface area contributed by atoms with Crippen molar-refractivity contribution in [1.29, 1.82) is 0 Å². The van der Waals surface area contributed by atoms with Crippen molar-refractivity contribution in [2.75, 3.05) is 0 Å². The van der Waals surface area contributed by atoms with Crippen LogP contribution in [0, 0.1) is 0 Å². The van der Waals surface area contributed by atoms with Crippen LogP contribution in [0.15, 0.2) is 35.4 Å². The molecule has 0 unspecified atom stereocenters. The van der Waals surface area contributed by atoms with E-state index in [1.54, 1.807) is 6.08 Å². The van der Waals surface area contributed by atoms with Crippen LogP contribution in [0.1, 0.15) is 61.3 Å². The molecule has 0 fully saturated rings. The van der Waals surface area contributed by atoms with E-state index in [0.29, 0.717) is 0 Å². The third kappa shape index (κ3) is 4.86. The summed E-state index contributed by atoms with van der Waals surface area (Å²) in [6.45, 7) is 6.56. The van der Waals surface area contributed by atoms with Gasteiger partial charge in [-0.15, -0.1) is 0 Å². The third-order valence-corrected chi connectivity index (χ3v) is 4.12. The number of esters is 1. The standard InChI is InChI=1S/C21H24O7/c1-11(2)5-8-16(28-17(25)10-21(3,4)27)12-9-15(24)18-13(22)6-7-14(23)19(18)20(12)26/h5-7,9,16,22-23,27H,8,10H2,1-4H3/t16-/m0/s1. The third-order valence-electron chi connectivity index (χ3n) is 4.12. The number of Topliss-reactive ketones (excluding diaryl/α,β-unsaturated/α-hetero) is 1. The van der Waals surface area contributed by atoms with Gasteiger partial charge >= 0.3 is 5.97 Å². The van der Waals surface area contributed by atoms with Crippen molar-refractivity contribution >= 4 is 17.5 Å². The van der Waals surface area contributed by atoms with Crippen LogP contribution >= 0.6 is 0 Å². The Morgan fingerprint density at radius 3 is 2.25 bits per heavy atom. The second-order valence-corrected chi connectivity index (χ2v) is 7.63. The van der Waals surface area contributed by atoms with Crippen molar-refractivity contribution in [3.05, 3.63) is 46.6 Å². The molecule has 0 saturated heterocycles. The van der Waals surface area contributed by atoms with Crippen LogP contribution in [0.2, 0.25) is 0 Å². The first-order valence-corrected chi connectivity index (χ1v) is 8.81. The van der Waals surface area contributed by atoms with Crippen molar-refractivity contribution in [3.63, 3.8) is 0 Å². The van der Waals surface area contributed by atoms with E-state index < -0.39 is 40.7 Å². The van der Waals surface area contributed by atoms with Crippen LogP contribution in [-0.2, 0) is 9.53 Å². The van der Waals surface area contributed by atoms with Gasteiger partial charge in [0.2, 0.25) is 0 Å². The Hall–Kier alpha value is -2.93. The summed E-state index contributed by atoms with van der Waals surface area (Å²) >= 11 is 0. The van der Waals surface area contributed by atoms with Gasteiger partial charge < -0.3 is 20.1 Å². The molecule has 2 rings (SSSR count). The number of aliphatic hydroxyl groups is 1. The van der Waals surface area contributed by atoms with E-state index >= 15 is 0 Å². The Balaban J connectivity index is 2.44. The monoisotopic (exact) mass is 388 g/mol. The predicted molar refractivity (Wildman–Crippen MR) is 101 cm³/mol. The summed E-state index contributed by atoms with van der Waals surface area (Å²) in [6.07, 6.45) is 1.54. The largest absolute Gasteiger partial charge is 0.507 e. The number of phenols is 2. The van der Waals surface area contributed by atoms with E-state index in [0.717, 1.165) is 23.8 Å². The van der Waals surface area contributed by atoms with Crippen LogP contribution in [0.5, 0.6) is 11.5 Å². The minimum atomic E-state index is -1.30. The molecule has 150 valence electrons. The van der Waals surface area contributed by atoms with Crippen molar-refractivity contribution < 1.29 is 34.4 Å². The fraction of sp³-hybridized carbons (Fsp3) is 0.381. The van der Waals surface area contributed by atoms with Gasteiger partial charge in [-0.2, -0.15) is 0 Å². The Bertz CT molecular complexity index is 881. The van der Waals surface area contributed by atoms with Crippen LogP contribution in [0.4, 0.5) is 0 Å². The molecule has 0 heterocycles. The Morgan fingerprint density at radius 2 is 1.71 bits per heavy atom. The van der Waals surface area contributed by atoms with Gasteiger partial charge in [0.1, 0.15) is 17.6 Å². The first kappa shape index (κ1) is 21.4. The average molecular weight is 388 g/mol. The number of carbonyl (C=O) groups excluding carboxylic acids is 3. The molecule has 0 saturated carbocycles. The number of allylic oxidation sites excluding steroid dienone is 2. The van der Waals surface area contributed by atoms with E-state index in [1.165, 1.54) is 13.8 Å². The summed E-state index contributed by atoms with van der Waals surface area (Å²) in [5.41, 5.74) is -1.07. The van der Waals surface area contributed by atoms with Crippen molar-refractivity contribution in [2.24, 2.45) is 0 Å². The molecule has 1 aromatic carbocycles. The first-order chi connectivity index (χ1) is 12.9. The zero-order valence-corrected chi connectivity index (χ0v) is 16.3. The summed E-state index contributed by atoms with van der Waals surface area (Å²) in [6, 6.07) is 2.25. The number of carbonyl (C=O) groups is 3. The van der Waals surface area contributed by atoms with Crippen LogP contribution < -0.4 is 0 Å². The highest BCUT2D eigenvalue weighted by Crippen LogP contribution is 2.36.